The normalized spacial score (nSPS) is 15.2. The van der Waals surface area contributed by atoms with Gasteiger partial charge >= 0.3 is 6.09 Å². The van der Waals surface area contributed by atoms with Gasteiger partial charge in [0.2, 0.25) is 5.91 Å². The van der Waals surface area contributed by atoms with Crippen molar-refractivity contribution in [3.63, 3.8) is 0 Å². The first kappa shape index (κ1) is 15.4. The number of ether oxygens (including phenoxy) is 1. The van der Waals surface area contributed by atoms with Gasteiger partial charge in [-0.3, -0.25) is 4.79 Å². The van der Waals surface area contributed by atoms with Crippen molar-refractivity contribution < 1.29 is 14.3 Å². The van der Waals surface area contributed by atoms with Crippen molar-refractivity contribution in [3.8, 4) is 5.75 Å². The maximum absolute atomic E-state index is 12.0. The molecule has 2 rings (SSSR count). The van der Waals surface area contributed by atoms with Gasteiger partial charge in [-0.25, -0.2) is 4.79 Å². The zero-order chi connectivity index (χ0) is 15.2. The van der Waals surface area contributed by atoms with Gasteiger partial charge < -0.3 is 14.5 Å². The van der Waals surface area contributed by atoms with Crippen LogP contribution in [0.4, 0.5) is 4.79 Å². The van der Waals surface area contributed by atoms with E-state index in [1.807, 2.05) is 36.9 Å². The predicted octanol–water partition coefficient (Wildman–Crippen LogP) is 2.38. The van der Waals surface area contributed by atoms with E-state index in [4.69, 9.17) is 4.74 Å². The quantitative estimate of drug-likeness (QED) is 0.858. The molecule has 1 aromatic carbocycles. The maximum Gasteiger partial charge on any atom is 0.415 e. The van der Waals surface area contributed by atoms with Crippen LogP contribution in [0, 0.1) is 5.92 Å². The van der Waals surface area contributed by atoms with Gasteiger partial charge in [-0.1, -0.05) is 32.0 Å². The summed E-state index contributed by atoms with van der Waals surface area (Å²) in [5.41, 5.74) is 0. The van der Waals surface area contributed by atoms with Gasteiger partial charge in [0.1, 0.15) is 5.75 Å². The van der Waals surface area contributed by atoms with Crippen LogP contribution in [0.25, 0.3) is 0 Å². The second-order valence-corrected chi connectivity index (χ2v) is 5.65. The number of piperazine rings is 1. The Morgan fingerprint density at radius 2 is 1.62 bits per heavy atom. The molecule has 0 N–H and O–H groups in total. The van der Waals surface area contributed by atoms with Crippen LogP contribution < -0.4 is 4.74 Å². The van der Waals surface area contributed by atoms with Crippen LogP contribution in [0.1, 0.15) is 20.3 Å². The van der Waals surface area contributed by atoms with Crippen LogP contribution in [0.3, 0.4) is 0 Å². The Balaban J connectivity index is 1.81. The van der Waals surface area contributed by atoms with Gasteiger partial charge in [-0.05, 0) is 18.1 Å². The minimum absolute atomic E-state index is 0.168. The smallest absolute Gasteiger partial charge is 0.410 e. The second kappa shape index (κ2) is 7.11. The highest BCUT2D eigenvalue weighted by Crippen LogP contribution is 2.12. The number of para-hydroxylation sites is 1. The molecule has 1 fully saturated rings. The van der Waals surface area contributed by atoms with Crippen molar-refractivity contribution in [2.45, 2.75) is 20.3 Å². The summed E-state index contributed by atoms with van der Waals surface area (Å²) in [6.07, 6.45) is 0.214. The van der Waals surface area contributed by atoms with E-state index in [1.54, 1.807) is 17.0 Å². The Bertz CT molecular complexity index is 480. The molecule has 5 nitrogen and oxygen atoms in total. The van der Waals surface area contributed by atoms with Gasteiger partial charge in [0.15, 0.2) is 0 Å². The van der Waals surface area contributed by atoms with Crippen molar-refractivity contribution in [2.75, 3.05) is 26.2 Å². The summed E-state index contributed by atoms with van der Waals surface area (Å²) in [5, 5.41) is 0. The molecular weight excluding hydrogens is 268 g/mol. The standard InChI is InChI=1S/C16H22N2O3/c1-13(2)12-15(19)17-8-10-18(11-9-17)16(20)21-14-6-4-3-5-7-14/h3-7,13H,8-12H2,1-2H3. The molecular formula is C16H22N2O3. The number of carbonyl (C=O) groups excluding carboxylic acids is 2. The lowest BCUT2D eigenvalue weighted by molar-refractivity contribution is -0.133. The zero-order valence-corrected chi connectivity index (χ0v) is 12.6. The summed E-state index contributed by atoms with van der Waals surface area (Å²) in [7, 11) is 0. The lowest BCUT2D eigenvalue weighted by Gasteiger charge is -2.34. The third kappa shape index (κ3) is 4.48. The van der Waals surface area contributed by atoms with Gasteiger partial charge in [-0.2, -0.15) is 0 Å². The minimum atomic E-state index is -0.350. The number of hydrogen-bond acceptors (Lipinski definition) is 3. The van der Waals surface area contributed by atoms with Crippen molar-refractivity contribution in [1.29, 1.82) is 0 Å². The van der Waals surface area contributed by atoms with E-state index in [2.05, 4.69) is 0 Å². The fourth-order valence-corrected chi connectivity index (χ4v) is 2.27. The van der Waals surface area contributed by atoms with E-state index >= 15 is 0 Å². The summed E-state index contributed by atoms with van der Waals surface area (Å²) in [4.78, 5) is 27.5. The molecule has 0 bridgehead atoms. The molecule has 2 amide bonds. The molecule has 1 aliphatic rings. The molecule has 0 radical (unpaired) electrons. The SMILES string of the molecule is CC(C)CC(=O)N1CCN(C(=O)Oc2ccccc2)CC1. The Kier molecular flexibility index (Phi) is 5.20. The number of carbonyl (C=O) groups is 2. The fourth-order valence-electron chi connectivity index (χ4n) is 2.27. The largest absolute Gasteiger partial charge is 0.415 e. The molecule has 0 aromatic heterocycles. The molecule has 0 spiro atoms. The van der Waals surface area contributed by atoms with E-state index < -0.39 is 0 Å². The first-order chi connectivity index (χ1) is 10.1. The van der Waals surface area contributed by atoms with Crippen LogP contribution >= 0.6 is 0 Å². The van der Waals surface area contributed by atoms with Crippen LogP contribution in [0.2, 0.25) is 0 Å². The minimum Gasteiger partial charge on any atom is -0.410 e. The van der Waals surface area contributed by atoms with Gasteiger partial charge in [0.25, 0.3) is 0 Å². The van der Waals surface area contributed by atoms with Gasteiger partial charge in [-0.15, -0.1) is 0 Å². The second-order valence-electron chi connectivity index (χ2n) is 5.65. The van der Waals surface area contributed by atoms with E-state index in [9.17, 15) is 9.59 Å². The number of benzene rings is 1. The van der Waals surface area contributed by atoms with Crippen molar-refractivity contribution in [2.24, 2.45) is 5.92 Å². The first-order valence-corrected chi connectivity index (χ1v) is 7.36. The molecule has 5 heteroatoms. The van der Waals surface area contributed by atoms with E-state index in [0.717, 1.165) is 0 Å². The van der Waals surface area contributed by atoms with Crippen molar-refractivity contribution in [1.82, 2.24) is 9.80 Å². The van der Waals surface area contributed by atoms with Crippen LogP contribution in [-0.2, 0) is 4.79 Å². The summed E-state index contributed by atoms with van der Waals surface area (Å²) in [6.45, 7) is 6.27. The average Bonchev–Trinajstić information content (AvgIpc) is 2.47. The first-order valence-electron chi connectivity index (χ1n) is 7.36. The van der Waals surface area contributed by atoms with Crippen molar-refractivity contribution >= 4 is 12.0 Å². The molecule has 0 unspecified atom stereocenters. The number of hydrogen-bond donors (Lipinski definition) is 0. The predicted molar refractivity (Wildman–Crippen MR) is 80.1 cm³/mol. The molecule has 1 aliphatic heterocycles. The van der Waals surface area contributed by atoms with E-state index in [0.29, 0.717) is 44.3 Å². The third-order valence-corrected chi connectivity index (χ3v) is 3.42. The highest BCUT2D eigenvalue weighted by Gasteiger charge is 2.25. The molecule has 114 valence electrons. The number of nitrogens with zero attached hydrogens (tertiary/aromatic N) is 2. The Hall–Kier alpha value is -2.04. The highest BCUT2D eigenvalue weighted by molar-refractivity contribution is 5.77. The Labute approximate surface area is 125 Å². The molecule has 1 heterocycles. The molecule has 1 aromatic rings. The third-order valence-electron chi connectivity index (χ3n) is 3.42. The van der Waals surface area contributed by atoms with E-state index in [-0.39, 0.29) is 12.0 Å². The van der Waals surface area contributed by atoms with Crippen molar-refractivity contribution in [3.05, 3.63) is 30.3 Å². The Morgan fingerprint density at radius 1 is 1.05 bits per heavy atom. The fraction of sp³-hybridized carbons (Fsp3) is 0.500. The summed E-state index contributed by atoms with van der Waals surface area (Å²) in [5.74, 6) is 1.07. The summed E-state index contributed by atoms with van der Waals surface area (Å²) >= 11 is 0. The summed E-state index contributed by atoms with van der Waals surface area (Å²) in [6, 6.07) is 9.02. The lowest BCUT2D eigenvalue weighted by atomic mass is 10.1. The van der Waals surface area contributed by atoms with E-state index in [1.165, 1.54) is 0 Å². The topological polar surface area (TPSA) is 49.9 Å². The molecule has 1 saturated heterocycles. The maximum atomic E-state index is 12.0. The Morgan fingerprint density at radius 3 is 2.19 bits per heavy atom. The number of rotatable bonds is 3. The van der Waals surface area contributed by atoms with Gasteiger partial charge in [0.05, 0.1) is 0 Å². The zero-order valence-electron chi connectivity index (χ0n) is 12.6. The molecule has 21 heavy (non-hydrogen) atoms. The highest BCUT2D eigenvalue weighted by atomic mass is 16.6. The molecule has 0 aliphatic carbocycles. The lowest BCUT2D eigenvalue weighted by Crippen LogP contribution is -2.51. The molecule has 0 saturated carbocycles. The number of amides is 2. The van der Waals surface area contributed by atoms with Gasteiger partial charge in [0, 0.05) is 32.6 Å². The summed E-state index contributed by atoms with van der Waals surface area (Å²) < 4.78 is 5.30. The molecule has 0 atom stereocenters. The average molecular weight is 290 g/mol. The van der Waals surface area contributed by atoms with Crippen LogP contribution in [0.5, 0.6) is 5.75 Å². The monoisotopic (exact) mass is 290 g/mol. The van der Waals surface area contributed by atoms with Crippen LogP contribution in [-0.4, -0.2) is 48.0 Å². The van der Waals surface area contributed by atoms with Crippen LogP contribution in [0.15, 0.2) is 30.3 Å².